The minimum absolute atomic E-state index is 0.00104. The SMILES string of the molecule is COC(=O)C(NC(=O)N1CC(CC(=O)O)C1)C(C)C. The molecule has 0 aromatic heterocycles. The maximum Gasteiger partial charge on any atom is 0.328 e. The molecule has 7 heteroatoms. The summed E-state index contributed by atoms with van der Waals surface area (Å²) in [5.74, 6) is -1.42. The molecule has 1 aliphatic heterocycles. The fourth-order valence-corrected chi connectivity index (χ4v) is 1.96. The fourth-order valence-electron chi connectivity index (χ4n) is 1.96. The number of carboxylic acid groups (broad SMARTS) is 1. The van der Waals surface area contributed by atoms with E-state index in [1.807, 2.05) is 13.8 Å². The van der Waals surface area contributed by atoms with Crippen molar-refractivity contribution in [2.45, 2.75) is 26.3 Å². The number of hydrogen-bond donors (Lipinski definition) is 2. The Morgan fingerprint density at radius 2 is 1.95 bits per heavy atom. The van der Waals surface area contributed by atoms with Crippen LogP contribution in [-0.4, -0.2) is 54.2 Å². The van der Waals surface area contributed by atoms with Crippen LogP contribution >= 0.6 is 0 Å². The van der Waals surface area contributed by atoms with Crippen LogP contribution in [0.4, 0.5) is 4.79 Å². The minimum Gasteiger partial charge on any atom is -0.481 e. The van der Waals surface area contributed by atoms with E-state index >= 15 is 0 Å². The van der Waals surface area contributed by atoms with Crippen LogP contribution in [0.5, 0.6) is 0 Å². The Labute approximate surface area is 111 Å². The minimum atomic E-state index is -0.861. The van der Waals surface area contributed by atoms with E-state index in [4.69, 9.17) is 5.11 Å². The largest absolute Gasteiger partial charge is 0.481 e. The van der Waals surface area contributed by atoms with Crippen molar-refractivity contribution >= 4 is 18.0 Å². The number of nitrogens with one attached hydrogen (secondary N) is 1. The highest BCUT2D eigenvalue weighted by atomic mass is 16.5. The van der Waals surface area contributed by atoms with Crippen LogP contribution in [0.1, 0.15) is 20.3 Å². The Hall–Kier alpha value is -1.79. The molecule has 1 saturated heterocycles. The standard InChI is InChI=1S/C12H20N2O5/c1-7(2)10(11(17)19-3)13-12(18)14-5-8(6-14)4-9(15)16/h7-8,10H,4-6H2,1-3H3,(H,13,18)(H,15,16). The maximum absolute atomic E-state index is 11.9. The molecule has 0 aromatic carbocycles. The van der Waals surface area contributed by atoms with E-state index in [0.717, 1.165) is 0 Å². The van der Waals surface area contributed by atoms with Crippen molar-refractivity contribution in [1.82, 2.24) is 10.2 Å². The summed E-state index contributed by atoms with van der Waals surface area (Å²) in [4.78, 5) is 35.3. The number of rotatable bonds is 5. The number of urea groups is 1. The van der Waals surface area contributed by atoms with Gasteiger partial charge in [0.15, 0.2) is 0 Å². The third-order valence-electron chi connectivity index (χ3n) is 3.11. The Kier molecular flexibility index (Phi) is 5.14. The number of esters is 1. The van der Waals surface area contributed by atoms with E-state index in [1.165, 1.54) is 12.0 Å². The van der Waals surface area contributed by atoms with E-state index in [0.29, 0.717) is 13.1 Å². The molecule has 1 fully saturated rings. The molecule has 0 aliphatic carbocycles. The van der Waals surface area contributed by atoms with Crippen LogP contribution in [0.25, 0.3) is 0 Å². The van der Waals surface area contributed by atoms with Gasteiger partial charge in [0.05, 0.1) is 13.5 Å². The molecule has 0 radical (unpaired) electrons. The Balaban J connectivity index is 2.43. The smallest absolute Gasteiger partial charge is 0.328 e. The van der Waals surface area contributed by atoms with Crippen molar-refractivity contribution < 1.29 is 24.2 Å². The van der Waals surface area contributed by atoms with Crippen LogP contribution in [-0.2, 0) is 14.3 Å². The molecule has 0 bridgehead atoms. The molecule has 0 saturated carbocycles. The first-order chi connectivity index (χ1) is 8.85. The summed E-state index contributed by atoms with van der Waals surface area (Å²) in [5, 5.41) is 11.2. The number of hydrogen-bond acceptors (Lipinski definition) is 4. The van der Waals surface area contributed by atoms with Crippen LogP contribution in [0.2, 0.25) is 0 Å². The van der Waals surface area contributed by atoms with Gasteiger partial charge in [-0.05, 0) is 5.92 Å². The van der Waals surface area contributed by atoms with E-state index in [9.17, 15) is 14.4 Å². The van der Waals surface area contributed by atoms with Gasteiger partial charge in [-0.15, -0.1) is 0 Å². The molecule has 19 heavy (non-hydrogen) atoms. The second-order valence-corrected chi connectivity index (χ2v) is 5.06. The van der Waals surface area contributed by atoms with Gasteiger partial charge in [0.2, 0.25) is 0 Å². The third kappa shape index (κ3) is 4.11. The molecule has 2 amide bonds. The number of ether oxygens (including phenoxy) is 1. The lowest BCUT2D eigenvalue weighted by atomic mass is 9.97. The van der Waals surface area contributed by atoms with Crippen molar-refractivity contribution in [2.75, 3.05) is 20.2 Å². The van der Waals surface area contributed by atoms with E-state index in [2.05, 4.69) is 10.1 Å². The lowest BCUT2D eigenvalue weighted by Crippen LogP contribution is -2.58. The molecule has 1 rings (SSSR count). The molecule has 1 unspecified atom stereocenters. The number of carbonyl (C=O) groups is 3. The van der Waals surface area contributed by atoms with Gasteiger partial charge in [-0.25, -0.2) is 9.59 Å². The first kappa shape index (κ1) is 15.3. The molecular weight excluding hydrogens is 252 g/mol. The zero-order valence-electron chi connectivity index (χ0n) is 11.4. The topological polar surface area (TPSA) is 95.9 Å². The number of amides is 2. The molecule has 7 nitrogen and oxygen atoms in total. The first-order valence-electron chi connectivity index (χ1n) is 6.20. The Morgan fingerprint density at radius 3 is 2.37 bits per heavy atom. The zero-order valence-corrected chi connectivity index (χ0v) is 11.4. The Morgan fingerprint density at radius 1 is 1.37 bits per heavy atom. The number of likely N-dealkylation sites (tertiary alicyclic amines) is 1. The highest BCUT2D eigenvalue weighted by Crippen LogP contribution is 2.19. The molecule has 0 aromatic rings. The lowest BCUT2D eigenvalue weighted by Gasteiger charge is -2.39. The molecule has 0 spiro atoms. The summed E-state index contributed by atoms with van der Waals surface area (Å²) < 4.78 is 4.63. The van der Waals surface area contributed by atoms with Gasteiger partial charge in [0.25, 0.3) is 0 Å². The van der Waals surface area contributed by atoms with Gasteiger partial charge in [0.1, 0.15) is 6.04 Å². The third-order valence-corrected chi connectivity index (χ3v) is 3.11. The van der Waals surface area contributed by atoms with Gasteiger partial charge < -0.3 is 20.1 Å². The average Bonchev–Trinajstić information content (AvgIpc) is 2.28. The normalized spacial score (nSPS) is 16.7. The van der Waals surface area contributed by atoms with E-state index in [1.54, 1.807) is 0 Å². The number of methoxy groups -OCH3 is 1. The van der Waals surface area contributed by atoms with Gasteiger partial charge in [-0.1, -0.05) is 13.8 Å². The molecule has 2 N–H and O–H groups in total. The highest BCUT2D eigenvalue weighted by molar-refractivity contribution is 5.84. The lowest BCUT2D eigenvalue weighted by molar-refractivity contribution is -0.144. The first-order valence-corrected chi connectivity index (χ1v) is 6.20. The Bertz CT molecular complexity index is 363. The van der Waals surface area contributed by atoms with Crippen LogP contribution in [0.3, 0.4) is 0 Å². The summed E-state index contributed by atoms with van der Waals surface area (Å²) in [7, 11) is 1.27. The second kappa shape index (κ2) is 6.40. The molecule has 1 heterocycles. The van der Waals surface area contributed by atoms with Crippen molar-refractivity contribution in [2.24, 2.45) is 11.8 Å². The zero-order chi connectivity index (χ0) is 14.6. The van der Waals surface area contributed by atoms with Crippen LogP contribution in [0, 0.1) is 11.8 Å². The number of nitrogens with zero attached hydrogens (tertiary/aromatic N) is 1. The summed E-state index contributed by atoms with van der Waals surface area (Å²) in [6.07, 6.45) is 0.0639. The molecule has 1 atom stereocenters. The van der Waals surface area contributed by atoms with Gasteiger partial charge in [0, 0.05) is 19.0 Å². The predicted molar refractivity (Wildman–Crippen MR) is 66.5 cm³/mol. The molecule has 108 valence electrons. The summed E-state index contributed by atoms with van der Waals surface area (Å²) in [5.41, 5.74) is 0. The summed E-state index contributed by atoms with van der Waals surface area (Å²) >= 11 is 0. The number of carboxylic acids is 1. The van der Waals surface area contributed by atoms with Crippen molar-refractivity contribution in [1.29, 1.82) is 0 Å². The number of carbonyl (C=O) groups excluding carboxylic acids is 2. The summed E-state index contributed by atoms with van der Waals surface area (Å²) in [6.45, 7) is 4.44. The van der Waals surface area contributed by atoms with E-state index in [-0.39, 0.29) is 24.3 Å². The molecule has 1 aliphatic rings. The van der Waals surface area contributed by atoms with Crippen molar-refractivity contribution in [3.05, 3.63) is 0 Å². The fraction of sp³-hybridized carbons (Fsp3) is 0.750. The van der Waals surface area contributed by atoms with Crippen molar-refractivity contribution in [3.63, 3.8) is 0 Å². The van der Waals surface area contributed by atoms with Crippen LogP contribution in [0.15, 0.2) is 0 Å². The number of aliphatic carboxylic acids is 1. The van der Waals surface area contributed by atoms with Crippen molar-refractivity contribution in [3.8, 4) is 0 Å². The average molecular weight is 272 g/mol. The van der Waals surface area contributed by atoms with E-state index < -0.39 is 18.0 Å². The van der Waals surface area contributed by atoms with Gasteiger partial charge in [-0.2, -0.15) is 0 Å². The predicted octanol–water partition coefficient (Wildman–Crippen LogP) is 0.300. The maximum atomic E-state index is 11.9. The monoisotopic (exact) mass is 272 g/mol. The van der Waals surface area contributed by atoms with Gasteiger partial charge >= 0.3 is 18.0 Å². The highest BCUT2D eigenvalue weighted by Gasteiger charge is 2.34. The van der Waals surface area contributed by atoms with Gasteiger partial charge in [-0.3, -0.25) is 4.79 Å². The second-order valence-electron chi connectivity index (χ2n) is 5.06. The quantitative estimate of drug-likeness (QED) is 0.702. The summed E-state index contributed by atoms with van der Waals surface area (Å²) in [6, 6.07) is -1.04. The molecular formula is C12H20N2O5. The van der Waals surface area contributed by atoms with Crippen LogP contribution < -0.4 is 5.32 Å².